The fourth-order valence-electron chi connectivity index (χ4n) is 5.03. The second kappa shape index (κ2) is 12.3. The Morgan fingerprint density at radius 1 is 0.612 bits per heavy atom. The van der Waals surface area contributed by atoms with Crippen LogP contribution in [-0.2, 0) is 7.05 Å². The second-order valence-electron chi connectivity index (χ2n) is 10.2. The van der Waals surface area contributed by atoms with Crippen molar-refractivity contribution in [3.05, 3.63) is 80.3 Å². The molecule has 0 spiro atoms. The van der Waals surface area contributed by atoms with Gasteiger partial charge in [0.15, 0.2) is 44.1 Å². The van der Waals surface area contributed by atoms with Crippen molar-refractivity contribution >= 4 is 68.4 Å². The Balaban J connectivity index is 1.27. The molecule has 0 saturated heterocycles. The van der Waals surface area contributed by atoms with Gasteiger partial charge < -0.3 is 14.5 Å². The zero-order chi connectivity index (χ0) is 32.7. The highest BCUT2D eigenvalue weighted by Crippen LogP contribution is 2.40. The summed E-state index contributed by atoms with van der Waals surface area (Å²) < 4.78 is 1.92. The zero-order valence-corrected chi connectivity index (χ0v) is 27.4. The number of hydrogen-bond donors (Lipinski definition) is 2. The number of hydrogen-bond acceptors (Lipinski definition) is 16. The lowest BCUT2D eigenvalue weighted by molar-refractivity contribution is 0.789. The summed E-state index contributed by atoms with van der Waals surface area (Å²) in [5, 5.41) is 14.1. The van der Waals surface area contributed by atoms with Crippen LogP contribution in [0.2, 0.25) is 0 Å². The number of aryl methyl sites for hydroxylation is 1. The maximum atomic E-state index is 5.15. The summed E-state index contributed by atoms with van der Waals surface area (Å²) in [4.78, 5) is 57.9. The van der Waals surface area contributed by atoms with Gasteiger partial charge >= 0.3 is 0 Å². The van der Waals surface area contributed by atoms with Gasteiger partial charge in [0.1, 0.15) is 27.7 Å². The minimum atomic E-state index is 0.417. The maximum absolute atomic E-state index is 5.15. The van der Waals surface area contributed by atoms with Gasteiger partial charge in [-0.15, -0.1) is 10.2 Å². The van der Waals surface area contributed by atoms with Crippen molar-refractivity contribution in [3.63, 3.8) is 0 Å². The van der Waals surface area contributed by atoms with Crippen LogP contribution in [0.4, 0.5) is 0 Å². The number of aromatic nitrogens is 16. The summed E-state index contributed by atoms with van der Waals surface area (Å²) in [6.45, 7) is 0. The molecule has 19 heteroatoms. The Labute approximate surface area is 287 Å². The molecule has 0 aliphatic carbocycles. The molecule has 0 aromatic carbocycles. The summed E-state index contributed by atoms with van der Waals surface area (Å²) >= 11 is 4.09. The van der Waals surface area contributed by atoms with Crippen LogP contribution in [0.1, 0.15) is 0 Å². The monoisotopic (exact) mass is 698 g/mol. The van der Waals surface area contributed by atoms with E-state index >= 15 is 0 Å². The van der Waals surface area contributed by atoms with Gasteiger partial charge in [0.2, 0.25) is 0 Å². The number of rotatable bonds is 8. The van der Waals surface area contributed by atoms with Crippen molar-refractivity contribution in [2.45, 2.75) is 30.5 Å². The Hall–Kier alpha value is -5.92. The van der Waals surface area contributed by atoms with Crippen molar-refractivity contribution in [3.8, 4) is 22.8 Å². The van der Waals surface area contributed by atoms with Gasteiger partial charge in [-0.25, -0.2) is 54.8 Å². The van der Waals surface area contributed by atoms with Gasteiger partial charge in [-0.05, 0) is 59.6 Å². The Morgan fingerprint density at radius 3 is 2.16 bits per heavy atom. The predicted molar refractivity (Wildman–Crippen MR) is 181 cm³/mol. The number of aromatic amines is 2. The molecule has 9 aromatic heterocycles. The van der Waals surface area contributed by atoms with E-state index in [1.54, 1.807) is 37.2 Å². The molecule has 236 valence electrons. The molecule has 0 fully saturated rings. The summed E-state index contributed by atoms with van der Waals surface area (Å²) in [5.41, 5.74) is 2.83. The maximum Gasteiger partial charge on any atom is 0.194 e. The lowest BCUT2D eigenvalue weighted by atomic mass is 10.1. The molecule has 9 rings (SSSR count). The molecule has 0 aliphatic rings. The molecule has 0 radical (unpaired) electrons. The number of nitrogens with one attached hydrogen (secondary N) is 2. The largest absolute Gasteiger partial charge is 0.339 e. The minimum Gasteiger partial charge on any atom is -0.339 e. The van der Waals surface area contributed by atoms with Crippen LogP contribution in [0.25, 0.3) is 55.9 Å². The van der Waals surface area contributed by atoms with Crippen molar-refractivity contribution in [2.24, 2.45) is 7.05 Å². The second-order valence-corrected chi connectivity index (χ2v) is 13.1. The summed E-state index contributed by atoms with van der Waals surface area (Å²) in [5.74, 6) is 0.846. The highest BCUT2D eigenvalue weighted by molar-refractivity contribution is 7.99. The number of H-pyrrole nitrogens is 2. The van der Waals surface area contributed by atoms with Crippen LogP contribution in [0.15, 0.2) is 111 Å². The lowest BCUT2D eigenvalue weighted by Crippen LogP contribution is -2.02. The molecule has 9 aromatic rings. The van der Waals surface area contributed by atoms with Crippen LogP contribution in [0.3, 0.4) is 0 Å². The first-order valence-electron chi connectivity index (χ1n) is 14.4. The highest BCUT2D eigenvalue weighted by Gasteiger charge is 2.23. The highest BCUT2D eigenvalue weighted by atomic mass is 32.2. The van der Waals surface area contributed by atoms with Gasteiger partial charge in [-0.2, -0.15) is 0 Å². The van der Waals surface area contributed by atoms with Gasteiger partial charge in [0, 0.05) is 61.6 Å². The molecular weight excluding hydrogens is 681 g/mol. The van der Waals surface area contributed by atoms with Gasteiger partial charge in [-0.1, -0.05) is 0 Å². The van der Waals surface area contributed by atoms with E-state index in [0.29, 0.717) is 75.9 Å². The molecular formula is C30H18N16S3. The van der Waals surface area contributed by atoms with Crippen molar-refractivity contribution in [2.75, 3.05) is 0 Å². The van der Waals surface area contributed by atoms with E-state index < -0.39 is 0 Å². The van der Waals surface area contributed by atoms with Crippen LogP contribution >= 0.6 is 35.3 Å². The Morgan fingerprint density at radius 2 is 1.39 bits per heavy atom. The number of pyridine rings is 3. The van der Waals surface area contributed by atoms with Crippen LogP contribution in [0, 0.1) is 0 Å². The normalized spacial score (nSPS) is 11.6. The van der Waals surface area contributed by atoms with E-state index in [-0.39, 0.29) is 0 Å². The quantitative estimate of drug-likeness (QED) is 0.199. The minimum absolute atomic E-state index is 0.417. The van der Waals surface area contributed by atoms with E-state index in [1.807, 2.05) is 42.1 Å². The molecule has 0 saturated carbocycles. The molecule has 0 bridgehead atoms. The van der Waals surface area contributed by atoms with Crippen LogP contribution in [-0.4, -0.2) is 79.6 Å². The summed E-state index contributed by atoms with van der Waals surface area (Å²) in [6, 6.07) is 7.48. The summed E-state index contributed by atoms with van der Waals surface area (Å²) in [7, 11) is 1.93. The summed E-state index contributed by atoms with van der Waals surface area (Å²) in [6.07, 6.45) is 15.1. The molecule has 0 atom stereocenters. The Kier molecular flexibility index (Phi) is 7.32. The third-order valence-corrected chi connectivity index (χ3v) is 10.1. The topological polar surface area (TPSA) is 204 Å². The molecule has 0 amide bonds. The predicted octanol–water partition coefficient (Wildman–Crippen LogP) is 5.06. The molecule has 0 aliphatic heterocycles. The molecule has 49 heavy (non-hydrogen) atoms. The standard InChI is InChI=1S/C30H18N16S3/c1-46-12-11-36-30(46)49-27-19-16(21-41-20-17(3-2-6-31-20)25(43-21)47-29-39-14-40-45-29)5-8-33-24(19)42-22(44-27)15-4-7-32-23-18(15)26(38-13-37-23)48-28-34-9-10-35-28/h2-14H,1H3,(H,34,35)(H,39,40,45). The first-order chi connectivity index (χ1) is 24.2. The first-order valence-corrected chi connectivity index (χ1v) is 16.9. The van der Waals surface area contributed by atoms with E-state index in [2.05, 4.69) is 50.1 Å². The third-order valence-electron chi connectivity index (χ3n) is 7.20. The van der Waals surface area contributed by atoms with Gasteiger partial charge in [-0.3, -0.25) is 0 Å². The molecule has 16 nitrogen and oxygen atoms in total. The molecule has 2 N–H and O–H groups in total. The SMILES string of the molecule is Cn1ccnc1Sc1nc(-c2ccnc3ncnc(Sc4ncc[nH]4)c23)nc2nccc(-c3nc(Sc4nnc[nH]4)c4cccnc4n3)c12. The average Bonchev–Trinajstić information content (AvgIpc) is 3.93. The fraction of sp³-hybridized carbons (Fsp3) is 0.0333. The first kappa shape index (κ1) is 29.2. The van der Waals surface area contributed by atoms with E-state index in [0.717, 1.165) is 10.5 Å². The number of fused-ring (bicyclic) bond motifs is 3. The Bertz CT molecular complexity index is 2620. The third kappa shape index (κ3) is 5.48. The van der Waals surface area contributed by atoms with Crippen molar-refractivity contribution < 1.29 is 0 Å². The zero-order valence-electron chi connectivity index (χ0n) is 25.0. The van der Waals surface area contributed by atoms with Gasteiger partial charge in [0.25, 0.3) is 0 Å². The fourth-order valence-corrected chi connectivity index (χ4v) is 7.57. The van der Waals surface area contributed by atoms with Crippen molar-refractivity contribution in [1.82, 2.24) is 79.6 Å². The average molecular weight is 699 g/mol. The smallest absolute Gasteiger partial charge is 0.194 e. The van der Waals surface area contributed by atoms with Gasteiger partial charge in [0.05, 0.1) is 16.2 Å². The molecule has 9 heterocycles. The molecule has 0 unspecified atom stereocenters. The number of imidazole rings is 2. The van der Waals surface area contributed by atoms with Crippen LogP contribution in [0.5, 0.6) is 0 Å². The number of nitrogens with zero attached hydrogens (tertiary/aromatic N) is 14. The van der Waals surface area contributed by atoms with Crippen LogP contribution < -0.4 is 0 Å². The van der Waals surface area contributed by atoms with Crippen molar-refractivity contribution in [1.29, 1.82) is 0 Å². The lowest BCUT2D eigenvalue weighted by Gasteiger charge is -2.13. The van der Waals surface area contributed by atoms with E-state index in [1.165, 1.54) is 47.9 Å². The van der Waals surface area contributed by atoms with E-state index in [4.69, 9.17) is 24.9 Å². The van der Waals surface area contributed by atoms with E-state index in [9.17, 15) is 0 Å².